The molecule has 0 aromatic heterocycles. The third kappa shape index (κ3) is 5.11. The fourth-order valence-corrected chi connectivity index (χ4v) is 4.17. The lowest BCUT2D eigenvalue weighted by Crippen LogP contribution is -2.31. The van der Waals surface area contributed by atoms with Gasteiger partial charge in [-0.05, 0) is 29.8 Å². The number of rotatable bonds is 5. The fraction of sp³-hybridized carbons (Fsp3) is 0.105. The quantitative estimate of drug-likeness (QED) is 0.515. The van der Waals surface area contributed by atoms with E-state index in [0.29, 0.717) is 25.0 Å². The number of amides is 2. The predicted octanol–water partition coefficient (Wildman–Crippen LogP) is 5.22. The van der Waals surface area contributed by atoms with E-state index >= 15 is 0 Å². The molecule has 1 aliphatic rings. The number of hydrogen-bond donors (Lipinski definition) is 1. The molecule has 1 saturated heterocycles. The molecule has 2 amide bonds. The lowest BCUT2D eigenvalue weighted by atomic mass is 10.2. The molecular weight excluding hydrogens is 423 g/mol. The van der Waals surface area contributed by atoms with Gasteiger partial charge in [0.05, 0.1) is 15.6 Å². The Kier molecular flexibility index (Phi) is 6.55. The van der Waals surface area contributed by atoms with Gasteiger partial charge in [-0.1, -0.05) is 77.5 Å². The molecule has 1 fully saturated rings. The van der Waals surface area contributed by atoms with E-state index in [4.69, 9.17) is 35.4 Å². The number of thioether (sulfide) groups is 1. The number of halogens is 2. The lowest BCUT2D eigenvalue weighted by Gasteiger charge is -2.14. The van der Waals surface area contributed by atoms with Crippen LogP contribution in [0.15, 0.2) is 53.4 Å². The molecule has 0 bridgehead atoms. The highest BCUT2D eigenvalue weighted by molar-refractivity contribution is 8.26. The number of benzene rings is 2. The zero-order valence-electron chi connectivity index (χ0n) is 13.9. The Morgan fingerprint density at radius 1 is 1.19 bits per heavy atom. The minimum absolute atomic E-state index is 0.101. The minimum Gasteiger partial charge on any atom is -0.325 e. The maximum atomic E-state index is 12.6. The van der Waals surface area contributed by atoms with Crippen molar-refractivity contribution in [2.45, 2.75) is 6.42 Å². The van der Waals surface area contributed by atoms with E-state index in [2.05, 4.69) is 5.32 Å². The van der Waals surface area contributed by atoms with E-state index in [1.165, 1.54) is 16.7 Å². The molecule has 2 aromatic carbocycles. The SMILES string of the molecule is O=C(CCN1C(=O)/C(=C/c2ccccc2)SC1=S)Nc1ccc(Cl)cc1Cl. The van der Waals surface area contributed by atoms with E-state index < -0.39 is 0 Å². The van der Waals surface area contributed by atoms with Crippen LogP contribution in [0.5, 0.6) is 0 Å². The van der Waals surface area contributed by atoms with Gasteiger partial charge < -0.3 is 5.32 Å². The summed E-state index contributed by atoms with van der Waals surface area (Å²) in [5.41, 5.74) is 1.40. The van der Waals surface area contributed by atoms with Crippen molar-refractivity contribution in [2.75, 3.05) is 11.9 Å². The largest absolute Gasteiger partial charge is 0.325 e. The average molecular weight is 437 g/mol. The molecule has 27 heavy (non-hydrogen) atoms. The predicted molar refractivity (Wildman–Crippen MR) is 116 cm³/mol. The van der Waals surface area contributed by atoms with E-state index in [-0.39, 0.29) is 24.8 Å². The van der Waals surface area contributed by atoms with Gasteiger partial charge in [0.1, 0.15) is 4.32 Å². The summed E-state index contributed by atoms with van der Waals surface area (Å²) in [7, 11) is 0. The Hall–Kier alpha value is -1.86. The van der Waals surface area contributed by atoms with Crippen LogP contribution in [0.1, 0.15) is 12.0 Å². The summed E-state index contributed by atoms with van der Waals surface area (Å²) in [6.07, 6.45) is 1.90. The molecule has 138 valence electrons. The van der Waals surface area contributed by atoms with Crippen molar-refractivity contribution < 1.29 is 9.59 Å². The Balaban J connectivity index is 1.60. The second-order valence-corrected chi connectivity index (χ2v) is 8.19. The molecule has 4 nitrogen and oxygen atoms in total. The summed E-state index contributed by atoms with van der Waals surface area (Å²) < 4.78 is 0.444. The number of carbonyl (C=O) groups excluding carboxylic acids is 2. The molecule has 0 spiro atoms. The number of thiocarbonyl (C=S) groups is 1. The number of carbonyl (C=O) groups is 2. The van der Waals surface area contributed by atoms with E-state index in [9.17, 15) is 9.59 Å². The van der Waals surface area contributed by atoms with Gasteiger partial charge in [-0.3, -0.25) is 14.5 Å². The molecule has 0 atom stereocenters. The maximum Gasteiger partial charge on any atom is 0.266 e. The Bertz CT molecular complexity index is 933. The number of nitrogens with one attached hydrogen (secondary N) is 1. The summed E-state index contributed by atoms with van der Waals surface area (Å²) in [4.78, 5) is 26.7. The summed E-state index contributed by atoms with van der Waals surface area (Å²) in [6, 6.07) is 14.4. The van der Waals surface area contributed by atoms with Crippen LogP contribution in [0.2, 0.25) is 10.0 Å². The first-order valence-corrected chi connectivity index (χ1v) is 9.97. The van der Waals surface area contributed by atoms with Crippen molar-refractivity contribution in [3.05, 3.63) is 69.0 Å². The van der Waals surface area contributed by atoms with Crippen LogP contribution in [0.4, 0.5) is 5.69 Å². The van der Waals surface area contributed by atoms with E-state index in [1.807, 2.05) is 30.3 Å². The second kappa shape index (κ2) is 8.89. The van der Waals surface area contributed by atoms with Crippen molar-refractivity contribution in [1.29, 1.82) is 0 Å². The smallest absolute Gasteiger partial charge is 0.266 e. The molecule has 8 heteroatoms. The Labute approximate surface area is 176 Å². The third-order valence-corrected chi connectivity index (χ3v) is 5.66. The molecule has 1 heterocycles. The Morgan fingerprint density at radius 3 is 2.63 bits per heavy atom. The van der Waals surface area contributed by atoms with Gasteiger partial charge in [0.2, 0.25) is 5.91 Å². The van der Waals surface area contributed by atoms with Gasteiger partial charge in [0.15, 0.2) is 0 Å². The van der Waals surface area contributed by atoms with E-state index in [1.54, 1.807) is 24.3 Å². The van der Waals surface area contributed by atoms with Gasteiger partial charge in [-0.2, -0.15) is 0 Å². The molecule has 0 saturated carbocycles. The second-order valence-electron chi connectivity index (χ2n) is 5.67. The van der Waals surface area contributed by atoms with Crippen LogP contribution in [0, 0.1) is 0 Å². The summed E-state index contributed by atoms with van der Waals surface area (Å²) in [5, 5.41) is 3.55. The standard InChI is InChI=1S/C19H14Cl2N2O2S2/c20-13-6-7-15(14(21)11-13)22-17(24)8-9-23-18(25)16(27-19(23)26)10-12-4-2-1-3-5-12/h1-7,10-11H,8-9H2,(H,22,24)/b16-10-. The van der Waals surface area contributed by atoms with Crippen LogP contribution < -0.4 is 5.32 Å². The van der Waals surface area contributed by atoms with E-state index in [0.717, 1.165) is 5.56 Å². The monoisotopic (exact) mass is 436 g/mol. The molecule has 0 radical (unpaired) electrons. The normalized spacial score (nSPS) is 15.5. The highest BCUT2D eigenvalue weighted by Gasteiger charge is 2.32. The Morgan fingerprint density at radius 2 is 1.93 bits per heavy atom. The molecule has 3 rings (SSSR count). The molecule has 0 aliphatic carbocycles. The van der Waals surface area contributed by atoms with Crippen molar-refractivity contribution >= 4 is 75.1 Å². The highest BCUT2D eigenvalue weighted by atomic mass is 35.5. The molecular formula is C19H14Cl2N2O2S2. The fourth-order valence-electron chi connectivity index (χ4n) is 2.41. The van der Waals surface area contributed by atoms with Gasteiger partial charge in [0, 0.05) is 18.0 Å². The topological polar surface area (TPSA) is 49.4 Å². The highest BCUT2D eigenvalue weighted by Crippen LogP contribution is 2.32. The van der Waals surface area contributed by atoms with Crippen LogP contribution in [-0.4, -0.2) is 27.6 Å². The van der Waals surface area contributed by atoms with Crippen LogP contribution in [-0.2, 0) is 9.59 Å². The first-order chi connectivity index (χ1) is 12.9. The zero-order valence-corrected chi connectivity index (χ0v) is 17.1. The molecule has 1 aliphatic heterocycles. The van der Waals surface area contributed by atoms with Crippen LogP contribution in [0.3, 0.4) is 0 Å². The number of nitrogens with zero attached hydrogens (tertiary/aromatic N) is 1. The first kappa shape index (κ1) is 19.9. The van der Waals surface area contributed by atoms with Gasteiger partial charge in [-0.15, -0.1) is 0 Å². The lowest BCUT2D eigenvalue weighted by molar-refractivity contribution is -0.122. The molecule has 1 N–H and O–H groups in total. The van der Waals surface area contributed by atoms with Gasteiger partial charge in [-0.25, -0.2) is 0 Å². The zero-order chi connectivity index (χ0) is 19.4. The third-order valence-electron chi connectivity index (χ3n) is 3.74. The average Bonchev–Trinajstić information content (AvgIpc) is 2.90. The summed E-state index contributed by atoms with van der Waals surface area (Å²) >= 11 is 18.4. The van der Waals surface area contributed by atoms with Crippen LogP contribution >= 0.6 is 47.2 Å². The first-order valence-electron chi connectivity index (χ1n) is 7.99. The number of hydrogen-bond acceptors (Lipinski definition) is 4. The van der Waals surface area contributed by atoms with Crippen molar-refractivity contribution in [3.8, 4) is 0 Å². The van der Waals surface area contributed by atoms with Crippen molar-refractivity contribution in [3.63, 3.8) is 0 Å². The number of anilines is 1. The summed E-state index contributed by atoms with van der Waals surface area (Å²) in [5.74, 6) is -0.452. The molecule has 0 unspecified atom stereocenters. The van der Waals surface area contributed by atoms with Crippen LogP contribution in [0.25, 0.3) is 6.08 Å². The van der Waals surface area contributed by atoms with Crippen molar-refractivity contribution in [1.82, 2.24) is 4.90 Å². The minimum atomic E-state index is -0.264. The van der Waals surface area contributed by atoms with Gasteiger partial charge in [0.25, 0.3) is 5.91 Å². The summed E-state index contributed by atoms with van der Waals surface area (Å²) in [6.45, 7) is 0.202. The molecule has 2 aromatic rings. The van der Waals surface area contributed by atoms with Gasteiger partial charge >= 0.3 is 0 Å². The van der Waals surface area contributed by atoms with Crippen molar-refractivity contribution in [2.24, 2.45) is 0 Å². The maximum absolute atomic E-state index is 12.6.